The number of hydrogen-bond donors (Lipinski definition) is 0. The molecule has 0 aliphatic heterocycles. The van der Waals surface area contributed by atoms with Crippen LogP contribution in [0.2, 0.25) is 0 Å². The zero-order valence-corrected chi connectivity index (χ0v) is 4.17. The van der Waals surface area contributed by atoms with E-state index >= 15 is 0 Å². The van der Waals surface area contributed by atoms with Crippen LogP contribution in [-0.2, 0) is 0 Å². The first kappa shape index (κ1) is 1.81. The average Bonchev–Trinajstić information content (AvgIpc) is 1.35. The maximum absolute atomic E-state index is 6.80. The van der Waals surface area contributed by atoms with E-state index in [4.69, 9.17) is 2.74 Å². The Kier molecular flexibility index (Phi) is 1.57. The van der Waals surface area contributed by atoms with Crippen LogP contribution < -0.4 is 0 Å². The molecule has 0 aliphatic carbocycles. The van der Waals surface area contributed by atoms with Crippen molar-refractivity contribution in [3.05, 3.63) is 0 Å². The molecule has 0 atom stereocenters. The number of halogens is 1. The van der Waals surface area contributed by atoms with Crippen molar-refractivity contribution < 1.29 is 2.74 Å². The molecule has 26 valence electrons. The van der Waals surface area contributed by atoms with Gasteiger partial charge in [0.05, 0.1) is 0 Å². The van der Waals surface area contributed by atoms with Crippen LogP contribution in [-0.4, -0.2) is 5.33 Å². The molecular formula is C3H7Br. The zero-order chi connectivity index (χ0) is 5.21. The van der Waals surface area contributed by atoms with Crippen LogP contribution in [0.25, 0.3) is 0 Å². The third kappa shape index (κ3) is 2.48. The van der Waals surface area contributed by atoms with Crippen molar-refractivity contribution >= 4 is 15.9 Å². The molecule has 0 rings (SSSR count). The van der Waals surface area contributed by atoms with Crippen molar-refractivity contribution in [1.82, 2.24) is 0 Å². The molecule has 0 unspecified atom stereocenters. The van der Waals surface area contributed by atoms with Crippen LogP contribution in [0.15, 0.2) is 0 Å². The van der Waals surface area contributed by atoms with Gasteiger partial charge < -0.3 is 0 Å². The van der Waals surface area contributed by atoms with Crippen molar-refractivity contribution in [3.8, 4) is 0 Å². The van der Waals surface area contributed by atoms with E-state index in [1.807, 2.05) is 0 Å². The molecular weight excluding hydrogens is 116 g/mol. The van der Waals surface area contributed by atoms with Crippen molar-refractivity contribution in [2.45, 2.75) is 13.3 Å². The summed E-state index contributed by atoms with van der Waals surface area (Å²) in [5.41, 5.74) is 0. The first-order valence-electron chi connectivity index (χ1n) is 2.12. The van der Waals surface area contributed by atoms with Gasteiger partial charge in [-0.1, -0.05) is 22.9 Å². The fourth-order valence-corrected chi connectivity index (χ4v) is 0. The third-order valence-corrected chi connectivity index (χ3v) is 0.694. The molecule has 0 radical (unpaired) electrons. The number of rotatable bonds is 1. The molecule has 0 spiro atoms. The molecule has 0 aromatic rings. The Hall–Kier alpha value is 0.480. The predicted molar refractivity (Wildman–Crippen MR) is 24.1 cm³/mol. The Balaban J connectivity index is 3.17. The van der Waals surface area contributed by atoms with Crippen LogP contribution in [0.1, 0.15) is 16.0 Å². The molecule has 0 nitrogen and oxygen atoms in total. The lowest BCUT2D eigenvalue weighted by Crippen LogP contribution is -1.54. The Morgan fingerprint density at radius 1 is 2.25 bits per heavy atom. The van der Waals surface area contributed by atoms with Crippen LogP contribution >= 0.6 is 15.9 Å². The Bertz CT molecular complexity index is 38.5. The summed E-state index contributed by atoms with van der Waals surface area (Å²) in [6.07, 6.45) is -1.04. The molecule has 1 heteroatoms. The average molecular weight is 125 g/mol. The molecule has 0 aromatic carbocycles. The van der Waals surface area contributed by atoms with Gasteiger partial charge >= 0.3 is 0 Å². The molecule has 0 heterocycles. The highest BCUT2D eigenvalue weighted by Crippen LogP contribution is 1.80. The highest BCUT2D eigenvalue weighted by atomic mass is 79.9. The van der Waals surface area contributed by atoms with Gasteiger partial charge in [-0.25, -0.2) is 0 Å². The van der Waals surface area contributed by atoms with Crippen LogP contribution in [0.5, 0.6) is 0 Å². The number of alkyl halides is 1. The summed E-state index contributed by atoms with van der Waals surface area (Å²) in [5.74, 6) is 0. The number of hydrogen-bond acceptors (Lipinski definition) is 0. The predicted octanol–water partition coefficient (Wildman–Crippen LogP) is 1.79. The largest absolute Gasteiger partial charge is 0.0928 e. The van der Waals surface area contributed by atoms with E-state index in [2.05, 4.69) is 15.9 Å². The van der Waals surface area contributed by atoms with E-state index in [1.54, 1.807) is 0 Å². The van der Waals surface area contributed by atoms with E-state index in [0.29, 0.717) is 5.33 Å². The van der Waals surface area contributed by atoms with Crippen molar-refractivity contribution in [2.24, 2.45) is 0 Å². The second-order valence-electron chi connectivity index (χ2n) is 0.487. The second kappa shape index (κ2) is 3.48. The summed E-state index contributed by atoms with van der Waals surface area (Å²) in [6.45, 7) is 1.53. The van der Waals surface area contributed by atoms with Gasteiger partial charge in [0, 0.05) is 8.07 Å². The fraction of sp³-hybridized carbons (Fsp3) is 1.00. The zero-order valence-electron chi connectivity index (χ0n) is 4.59. The highest BCUT2D eigenvalue weighted by molar-refractivity contribution is 9.09. The minimum atomic E-state index is -1.04. The smallest absolute Gasteiger partial charge is 0.0272 e. The maximum atomic E-state index is 6.80. The Morgan fingerprint density at radius 3 is 2.50 bits per heavy atom. The van der Waals surface area contributed by atoms with Gasteiger partial charge in [-0.05, 0) is 6.37 Å². The first-order valence-corrected chi connectivity index (χ1v) is 2.24. The molecule has 0 fully saturated rings. The maximum Gasteiger partial charge on any atom is 0.0272 e. The molecule has 4 heavy (non-hydrogen) atoms. The van der Waals surface area contributed by atoms with Crippen molar-refractivity contribution in [2.75, 3.05) is 5.33 Å². The molecule has 0 aromatic heterocycles. The van der Waals surface area contributed by atoms with Gasteiger partial charge in [-0.3, -0.25) is 0 Å². The summed E-state index contributed by atoms with van der Waals surface area (Å²) >= 11 is 2.99. The summed E-state index contributed by atoms with van der Waals surface area (Å²) in [7, 11) is 0. The fourth-order valence-electron chi connectivity index (χ4n) is 0. The van der Waals surface area contributed by atoms with E-state index < -0.39 is 6.37 Å². The Labute approximate surface area is 38.1 Å². The van der Waals surface area contributed by atoms with Crippen molar-refractivity contribution in [3.63, 3.8) is 0 Å². The molecule has 0 aliphatic rings. The summed E-state index contributed by atoms with van der Waals surface area (Å²) < 4.78 is 13.6. The van der Waals surface area contributed by atoms with Gasteiger partial charge in [0.15, 0.2) is 0 Å². The molecule has 0 saturated heterocycles. The standard InChI is InChI=1S/C3H7Br/c1-2-3-4/h2-3H2,1H3/i2D2. The van der Waals surface area contributed by atoms with Crippen LogP contribution in [0.4, 0.5) is 0 Å². The molecule has 0 saturated carbocycles. The normalized spacial score (nSPS) is 18.5. The van der Waals surface area contributed by atoms with Crippen LogP contribution in [0.3, 0.4) is 0 Å². The van der Waals surface area contributed by atoms with E-state index in [0.717, 1.165) is 0 Å². The van der Waals surface area contributed by atoms with Gasteiger partial charge in [-0.2, -0.15) is 0 Å². The Morgan fingerprint density at radius 2 is 2.50 bits per heavy atom. The summed E-state index contributed by atoms with van der Waals surface area (Å²) in [5, 5.41) is 0.417. The summed E-state index contributed by atoms with van der Waals surface area (Å²) in [6, 6.07) is 0. The summed E-state index contributed by atoms with van der Waals surface area (Å²) in [4.78, 5) is 0. The first-order chi connectivity index (χ1) is 2.56. The van der Waals surface area contributed by atoms with Crippen LogP contribution in [0, 0.1) is 0 Å². The van der Waals surface area contributed by atoms with E-state index in [9.17, 15) is 0 Å². The molecule has 0 amide bonds. The SMILES string of the molecule is [2H]C([2H])(C)CBr. The monoisotopic (exact) mass is 124 g/mol. The van der Waals surface area contributed by atoms with E-state index in [1.165, 1.54) is 6.92 Å². The van der Waals surface area contributed by atoms with E-state index in [-0.39, 0.29) is 0 Å². The minimum Gasteiger partial charge on any atom is -0.0928 e. The van der Waals surface area contributed by atoms with Gasteiger partial charge in [0.2, 0.25) is 0 Å². The van der Waals surface area contributed by atoms with Gasteiger partial charge in [-0.15, -0.1) is 0 Å². The molecule has 0 N–H and O–H groups in total. The van der Waals surface area contributed by atoms with Gasteiger partial charge in [0.25, 0.3) is 0 Å². The highest BCUT2D eigenvalue weighted by Gasteiger charge is 1.58. The lowest BCUT2D eigenvalue weighted by atomic mass is 10.6. The minimum absolute atomic E-state index is 0.417. The lowest BCUT2D eigenvalue weighted by Gasteiger charge is -1.66. The van der Waals surface area contributed by atoms with Crippen molar-refractivity contribution in [1.29, 1.82) is 0 Å². The third-order valence-electron chi connectivity index (χ3n) is 0.134. The van der Waals surface area contributed by atoms with Gasteiger partial charge in [0.1, 0.15) is 0 Å². The quantitative estimate of drug-likeness (QED) is 0.468. The molecule has 0 bridgehead atoms. The topological polar surface area (TPSA) is 0 Å². The second-order valence-corrected chi connectivity index (χ2v) is 1.05. The lowest BCUT2D eigenvalue weighted by molar-refractivity contribution is 1.12.